The Morgan fingerprint density at radius 2 is 2.40 bits per heavy atom. The first-order valence-corrected chi connectivity index (χ1v) is 3.14. The maximum atomic E-state index is 5.39. The molecule has 3 heteroatoms. The van der Waals surface area contributed by atoms with Gasteiger partial charge in [-0.3, -0.25) is 0 Å². The fraction of sp³-hybridized carbons (Fsp3) is 0. The fourth-order valence-corrected chi connectivity index (χ4v) is 0.720. The van der Waals surface area contributed by atoms with Crippen LogP contribution < -0.4 is 5.73 Å². The van der Waals surface area contributed by atoms with E-state index in [9.17, 15) is 0 Å². The lowest BCUT2D eigenvalue weighted by Gasteiger charge is -1.90. The minimum absolute atomic E-state index is 0.480. The van der Waals surface area contributed by atoms with Crippen LogP contribution in [-0.2, 0) is 0 Å². The van der Waals surface area contributed by atoms with Gasteiger partial charge in [0.05, 0.1) is 0 Å². The molecule has 1 aromatic heterocycles. The first-order chi connectivity index (χ1) is 4.83. The summed E-state index contributed by atoms with van der Waals surface area (Å²) in [5.74, 6) is 3.22. The molecule has 0 fully saturated rings. The zero-order chi connectivity index (χ0) is 7.40. The van der Waals surface area contributed by atoms with Crippen LogP contribution in [0.2, 0.25) is 0 Å². The van der Waals surface area contributed by atoms with Gasteiger partial charge in [0, 0.05) is 11.8 Å². The van der Waals surface area contributed by atoms with Crippen LogP contribution >= 0.6 is 12.6 Å². The van der Waals surface area contributed by atoms with Crippen LogP contribution in [0.5, 0.6) is 0 Å². The standard InChI is InChI=1S/C7H6N2S/c8-7-5-6(2-4-10)1-3-9-7/h1,3,5,10H,(H2,8,9). The number of nitrogens with two attached hydrogens (primary N) is 1. The van der Waals surface area contributed by atoms with E-state index in [-0.39, 0.29) is 0 Å². The minimum atomic E-state index is 0.480. The van der Waals surface area contributed by atoms with Crippen LogP contribution in [0.15, 0.2) is 18.3 Å². The number of nitrogens with zero attached hydrogens (tertiary/aromatic N) is 1. The molecule has 0 spiro atoms. The third-order valence-electron chi connectivity index (χ3n) is 0.981. The predicted octanol–water partition coefficient (Wildman–Crippen LogP) is 0.903. The summed E-state index contributed by atoms with van der Waals surface area (Å²) in [6, 6.07) is 3.48. The molecule has 0 amide bonds. The Balaban J connectivity index is 3.03. The summed E-state index contributed by atoms with van der Waals surface area (Å²) >= 11 is 3.74. The Morgan fingerprint density at radius 3 is 3.00 bits per heavy atom. The van der Waals surface area contributed by atoms with Crippen LogP contribution in [0.25, 0.3) is 0 Å². The zero-order valence-electron chi connectivity index (χ0n) is 5.20. The van der Waals surface area contributed by atoms with E-state index < -0.39 is 0 Å². The lowest BCUT2D eigenvalue weighted by molar-refractivity contribution is 1.33. The molecule has 0 aliphatic heterocycles. The zero-order valence-corrected chi connectivity index (χ0v) is 6.10. The Kier molecular flexibility index (Phi) is 2.19. The van der Waals surface area contributed by atoms with E-state index in [1.807, 2.05) is 0 Å². The molecule has 1 aromatic rings. The molecule has 0 bridgehead atoms. The van der Waals surface area contributed by atoms with Crippen LogP contribution in [0.1, 0.15) is 5.56 Å². The number of hydrogen-bond acceptors (Lipinski definition) is 3. The molecule has 0 saturated heterocycles. The summed E-state index contributed by atoms with van der Waals surface area (Å²) in [5.41, 5.74) is 6.22. The average molecular weight is 150 g/mol. The van der Waals surface area contributed by atoms with Gasteiger partial charge in [-0.15, -0.1) is 0 Å². The van der Waals surface area contributed by atoms with Crippen molar-refractivity contribution in [3.63, 3.8) is 0 Å². The van der Waals surface area contributed by atoms with Gasteiger partial charge in [-0.05, 0) is 17.4 Å². The van der Waals surface area contributed by atoms with Gasteiger partial charge in [-0.25, -0.2) is 4.98 Å². The van der Waals surface area contributed by atoms with Gasteiger partial charge in [-0.2, -0.15) is 0 Å². The average Bonchev–Trinajstić information content (AvgIpc) is 1.88. The van der Waals surface area contributed by atoms with Crippen molar-refractivity contribution in [3.8, 4) is 11.2 Å². The fourth-order valence-electron chi connectivity index (χ4n) is 0.591. The van der Waals surface area contributed by atoms with E-state index in [2.05, 4.69) is 28.8 Å². The maximum absolute atomic E-state index is 5.39. The highest BCUT2D eigenvalue weighted by Gasteiger charge is 1.86. The second kappa shape index (κ2) is 3.14. The van der Waals surface area contributed by atoms with Gasteiger partial charge >= 0.3 is 0 Å². The van der Waals surface area contributed by atoms with E-state index >= 15 is 0 Å². The lowest BCUT2D eigenvalue weighted by Crippen LogP contribution is -1.88. The van der Waals surface area contributed by atoms with Crippen LogP contribution in [0, 0.1) is 11.2 Å². The minimum Gasteiger partial charge on any atom is -0.384 e. The monoisotopic (exact) mass is 150 g/mol. The molecule has 50 valence electrons. The molecule has 0 aliphatic rings. The number of nitrogen functional groups attached to an aromatic ring is 1. The highest BCUT2D eigenvalue weighted by Crippen LogP contribution is 2.00. The number of pyridine rings is 1. The Labute approximate surface area is 64.9 Å². The van der Waals surface area contributed by atoms with Crippen molar-refractivity contribution in [1.82, 2.24) is 4.98 Å². The van der Waals surface area contributed by atoms with Crippen molar-refractivity contribution in [2.24, 2.45) is 0 Å². The lowest BCUT2D eigenvalue weighted by atomic mass is 10.3. The summed E-state index contributed by atoms with van der Waals surface area (Å²) in [4.78, 5) is 3.81. The largest absolute Gasteiger partial charge is 0.384 e. The van der Waals surface area contributed by atoms with E-state index in [0.717, 1.165) is 5.56 Å². The van der Waals surface area contributed by atoms with E-state index in [0.29, 0.717) is 5.82 Å². The van der Waals surface area contributed by atoms with E-state index in [4.69, 9.17) is 5.73 Å². The molecular weight excluding hydrogens is 144 g/mol. The number of anilines is 1. The van der Waals surface area contributed by atoms with Crippen molar-refractivity contribution in [3.05, 3.63) is 23.9 Å². The molecule has 2 nitrogen and oxygen atoms in total. The summed E-state index contributed by atoms with van der Waals surface area (Å²) in [6.45, 7) is 0. The number of rotatable bonds is 0. The highest BCUT2D eigenvalue weighted by molar-refractivity contribution is 7.85. The highest BCUT2D eigenvalue weighted by atomic mass is 32.1. The molecule has 0 saturated carbocycles. The van der Waals surface area contributed by atoms with Crippen molar-refractivity contribution in [2.45, 2.75) is 0 Å². The third-order valence-corrected chi connectivity index (χ3v) is 1.09. The number of aromatic nitrogens is 1. The summed E-state index contributed by atoms with van der Waals surface area (Å²) in [7, 11) is 0. The predicted molar refractivity (Wildman–Crippen MR) is 44.5 cm³/mol. The van der Waals surface area contributed by atoms with Gasteiger partial charge in [0.25, 0.3) is 0 Å². The summed E-state index contributed by atoms with van der Waals surface area (Å²) in [6.07, 6.45) is 1.61. The molecule has 0 aromatic carbocycles. The van der Waals surface area contributed by atoms with Gasteiger partial charge in [-0.1, -0.05) is 18.5 Å². The molecule has 1 heterocycles. The summed E-state index contributed by atoms with van der Waals surface area (Å²) < 4.78 is 0. The Morgan fingerprint density at radius 1 is 1.60 bits per heavy atom. The Bertz CT molecular complexity index is 285. The molecule has 0 unspecified atom stereocenters. The number of thiol groups is 1. The van der Waals surface area contributed by atoms with Gasteiger partial charge < -0.3 is 5.73 Å². The van der Waals surface area contributed by atoms with Gasteiger partial charge in [0.1, 0.15) is 5.82 Å². The second-order valence-electron chi connectivity index (χ2n) is 1.71. The van der Waals surface area contributed by atoms with Crippen LogP contribution in [-0.4, -0.2) is 4.98 Å². The molecule has 0 radical (unpaired) electrons. The van der Waals surface area contributed by atoms with E-state index in [1.54, 1.807) is 18.3 Å². The van der Waals surface area contributed by atoms with Crippen molar-refractivity contribution in [1.29, 1.82) is 0 Å². The van der Waals surface area contributed by atoms with Gasteiger partial charge in [0.2, 0.25) is 0 Å². The van der Waals surface area contributed by atoms with Gasteiger partial charge in [0.15, 0.2) is 0 Å². The third kappa shape index (κ3) is 1.67. The smallest absolute Gasteiger partial charge is 0.124 e. The first kappa shape index (κ1) is 6.97. The second-order valence-corrected chi connectivity index (χ2v) is 1.93. The topological polar surface area (TPSA) is 38.9 Å². The molecule has 0 aliphatic carbocycles. The van der Waals surface area contributed by atoms with Crippen LogP contribution in [0.3, 0.4) is 0 Å². The molecular formula is C7H6N2S. The molecule has 0 atom stereocenters. The van der Waals surface area contributed by atoms with Crippen molar-refractivity contribution >= 4 is 18.4 Å². The quantitative estimate of drug-likeness (QED) is 0.426. The van der Waals surface area contributed by atoms with E-state index in [1.165, 1.54) is 0 Å². The summed E-state index contributed by atoms with van der Waals surface area (Å²) in [5, 5.41) is 2.47. The molecule has 10 heavy (non-hydrogen) atoms. The van der Waals surface area contributed by atoms with Crippen molar-refractivity contribution in [2.75, 3.05) is 5.73 Å². The van der Waals surface area contributed by atoms with Crippen molar-refractivity contribution < 1.29 is 0 Å². The van der Waals surface area contributed by atoms with Crippen LogP contribution in [0.4, 0.5) is 5.82 Å². The Hall–Kier alpha value is -1.14. The maximum Gasteiger partial charge on any atom is 0.124 e. The molecule has 2 N–H and O–H groups in total. The normalized spacial score (nSPS) is 8.10. The SMILES string of the molecule is Nc1cc(C#CS)ccn1. The first-order valence-electron chi connectivity index (χ1n) is 2.69. The number of hydrogen-bond donors (Lipinski definition) is 2. The molecule has 1 rings (SSSR count).